The predicted octanol–water partition coefficient (Wildman–Crippen LogP) is 2.79. The van der Waals surface area contributed by atoms with Crippen molar-refractivity contribution >= 4 is 23.4 Å². The number of fused-ring (bicyclic) bond motifs is 2. The van der Waals surface area contributed by atoms with Gasteiger partial charge in [-0.1, -0.05) is 18.2 Å². The van der Waals surface area contributed by atoms with E-state index in [1.54, 1.807) is 11.8 Å². The number of piperazine rings is 1. The highest BCUT2D eigenvalue weighted by molar-refractivity contribution is 7.98. The topological polar surface area (TPSA) is 36.4 Å². The van der Waals surface area contributed by atoms with Crippen LogP contribution in [0.15, 0.2) is 53.6 Å². The van der Waals surface area contributed by atoms with E-state index in [4.69, 9.17) is 0 Å². The van der Waals surface area contributed by atoms with Gasteiger partial charge in [0, 0.05) is 24.2 Å². The first-order chi connectivity index (χ1) is 11.3. The molecule has 118 valence electrons. The van der Waals surface area contributed by atoms with Gasteiger partial charge in [0.15, 0.2) is 0 Å². The Balaban J connectivity index is 1.55. The Morgan fingerprint density at radius 1 is 1.22 bits per heavy atom. The van der Waals surface area contributed by atoms with Gasteiger partial charge in [0.05, 0.1) is 23.5 Å². The normalized spacial score (nSPS) is 23.7. The van der Waals surface area contributed by atoms with E-state index >= 15 is 0 Å². The van der Waals surface area contributed by atoms with E-state index in [0.717, 1.165) is 30.9 Å². The Morgan fingerprint density at radius 2 is 2.04 bits per heavy atom. The minimum atomic E-state index is -0.00285. The zero-order chi connectivity index (χ0) is 15.8. The second kappa shape index (κ2) is 5.98. The number of hydrogen-bond donors (Lipinski definition) is 0. The Hall–Kier alpha value is -1.85. The first kappa shape index (κ1) is 14.7. The second-order valence-electron chi connectivity index (χ2n) is 6.04. The lowest BCUT2D eigenvalue weighted by atomic mass is 10.2. The van der Waals surface area contributed by atoms with Crippen LogP contribution >= 0.6 is 11.8 Å². The summed E-state index contributed by atoms with van der Waals surface area (Å²) >= 11 is 1.70. The van der Waals surface area contributed by atoms with E-state index < -0.39 is 0 Å². The van der Waals surface area contributed by atoms with Crippen LogP contribution in [0.2, 0.25) is 0 Å². The molecule has 1 amide bonds. The average Bonchev–Trinajstić information content (AvgIpc) is 3.13. The Bertz CT molecular complexity index is 721. The van der Waals surface area contributed by atoms with Gasteiger partial charge in [0.1, 0.15) is 0 Å². The predicted molar refractivity (Wildman–Crippen MR) is 92.5 cm³/mol. The summed E-state index contributed by atoms with van der Waals surface area (Å²) in [5.41, 5.74) is 2.10. The Labute approximate surface area is 140 Å². The van der Waals surface area contributed by atoms with Crippen LogP contribution in [-0.2, 0) is 11.3 Å². The van der Waals surface area contributed by atoms with Gasteiger partial charge in [-0.3, -0.25) is 14.7 Å². The molecule has 5 heteroatoms. The van der Waals surface area contributed by atoms with Crippen LogP contribution in [0.5, 0.6) is 0 Å². The third kappa shape index (κ3) is 2.54. The lowest BCUT2D eigenvalue weighted by Gasteiger charge is -2.34. The quantitative estimate of drug-likeness (QED) is 0.810. The molecule has 1 aromatic heterocycles. The third-order valence-electron chi connectivity index (χ3n) is 4.70. The second-order valence-corrected chi connectivity index (χ2v) is 6.88. The molecule has 3 heterocycles. The molecule has 2 atom stereocenters. The van der Waals surface area contributed by atoms with Crippen LogP contribution < -0.4 is 4.90 Å². The molecule has 4 rings (SSSR count). The number of pyridine rings is 1. The molecule has 0 aliphatic carbocycles. The fraction of sp³-hybridized carbons (Fsp3) is 0.333. The van der Waals surface area contributed by atoms with Gasteiger partial charge in [0.25, 0.3) is 0 Å². The van der Waals surface area contributed by atoms with Crippen LogP contribution in [0.1, 0.15) is 12.1 Å². The minimum Gasteiger partial charge on any atom is -0.306 e. The van der Waals surface area contributed by atoms with Crippen LogP contribution in [0.25, 0.3) is 0 Å². The van der Waals surface area contributed by atoms with E-state index in [1.807, 2.05) is 41.4 Å². The fourth-order valence-corrected chi connectivity index (χ4v) is 4.27. The van der Waals surface area contributed by atoms with E-state index in [1.165, 1.54) is 4.90 Å². The molecule has 0 spiro atoms. The number of benzene rings is 1. The van der Waals surface area contributed by atoms with Crippen molar-refractivity contribution in [1.82, 2.24) is 9.88 Å². The molecule has 0 radical (unpaired) electrons. The molecule has 2 saturated heterocycles. The zero-order valence-corrected chi connectivity index (χ0v) is 13.9. The molecule has 2 aromatic rings. The van der Waals surface area contributed by atoms with Crippen molar-refractivity contribution in [2.45, 2.75) is 29.9 Å². The largest absolute Gasteiger partial charge is 0.306 e. The molecule has 2 aliphatic heterocycles. The number of nitrogens with zero attached hydrogens (tertiary/aromatic N) is 3. The minimum absolute atomic E-state index is 0.00285. The molecule has 2 fully saturated rings. The summed E-state index contributed by atoms with van der Waals surface area (Å²) in [6.07, 6.45) is 4.80. The summed E-state index contributed by atoms with van der Waals surface area (Å²) in [6, 6.07) is 14.4. The number of rotatable bonds is 4. The van der Waals surface area contributed by atoms with Gasteiger partial charge in [-0.25, -0.2) is 0 Å². The maximum atomic E-state index is 12.9. The number of hydrogen-bond acceptors (Lipinski definition) is 4. The van der Waals surface area contributed by atoms with Gasteiger partial charge in [-0.2, -0.15) is 0 Å². The van der Waals surface area contributed by atoms with Crippen molar-refractivity contribution < 1.29 is 4.79 Å². The molecule has 0 unspecified atom stereocenters. The number of anilines is 1. The van der Waals surface area contributed by atoms with Crippen molar-refractivity contribution in [1.29, 1.82) is 0 Å². The van der Waals surface area contributed by atoms with E-state index in [2.05, 4.69) is 28.3 Å². The maximum absolute atomic E-state index is 12.9. The summed E-state index contributed by atoms with van der Waals surface area (Å²) in [6.45, 7) is 1.68. The number of carbonyl (C=O) groups excluding carboxylic acids is 1. The standard InChI is InChI=1S/C18H19N3OS/c1-23-17-8-3-2-7-15(17)21-14-10-16(18(21)22)20(12-14)11-13-6-4-5-9-19-13/h2-9,14,16H,10-12H2,1H3/t14-,16-/m0/s1. The van der Waals surface area contributed by atoms with Crippen LogP contribution in [0.4, 0.5) is 5.69 Å². The van der Waals surface area contributed by atoms with Crippen molar-refractivity contribution in [2.24, 2.45) is 0 Å². The van der Waals surface area contributed by atoms with Crippen LogP contribution in [-0.4, -0.2) is 40.7 Å². The maximum Gasteiger partial charge on any atom is 0.244 e. The van der Waals surface area contributed by atoms with E-state index in [-0.39, 0.29) is 18.0 Å². The molecule has 0 saturated carbocycles. The molecule has 1 aromatic carbocycles. The summed E-state index contributed by atoms with van der Waals surface area (Å²) in [5.74, 6) is 0.235. The monoisotopic (exact) mass is 325 g/mol. The molecule has 2 aliphatic rings. The van der Waals surface area contributed by atoms with Crippen LogP contribution in [0, 0.1) is 0 Å². The van der Waals surface area contributed by atoms with Crippen molar-refractivity contribution in [2.75, 3.05) is 17.7 Å². The van der Waals surface area contributed by atoms with Gasteiger partial charge >= 0.3 is 0 Å². The summed E-state index contributed by atoms with van der Waals surface area (Å²) < 4.78 is 0. The highest BCUT2D eigenvalue weighted by Crippen LogP contribution is 2.39. The number of thioether (sulfide) groups is 1. The number of likely N-dealkylation sites (tertiary alicyclic amines) is 1. The Morgan fingerprint density at radius 3 is 2.78 bits per heavy atom. The number of para-hydroxylation sites is 1. The number of amides is 1. The lowest BCUT2D eigenvalue weighted by molar-refractivity contribution is -0.122. The zero-order valence-electron chi connectivity index (χ0n) is 13.1. The highest BCUT2D eigenvalue weighted by Gasteiger charge is 2.50. The van der Waals surface area contributed by atoms with E-state index in [9.17, 15) is 4.79 Å². The van der Waals surface area contributed by atoms with Gasteiger partial charge in [-0.05, 0) is 36.9 Å². The van der Waals surface area contributed by atoms with Gasteiger partial charge < -0.3 is 4.90 Å². The summed E-state index contributed by atoms with van der Waals surface area (Å²) in [5, 5.41) is 0. The number of carbonyl (C=O) groups is 1. The van der Waals surface area contributed by atoms with Gasteiger partial charge in [0.2, 0.25) is 5.91 Å². The number of aromatic nitrogens is 1. The lowest BCUT2D eigenvalue weighted by Crippen LogP contribution is -2.50. The van der Waals surface area contributed by atoms with E-state index in [0.29, 0.717) is 0 Å². The molecule has 2 bridgehead atoms. The fourth-order valence-electron chi connectivity index (χ4n) is 3.68. The molecule has 4 nitrogen and oxygen atoms in total. The van der Waals surface area contributed by atoms with Crippen molar-refractivity contribution in [3.05, 3.63) is 54.4 Å². The Kier molecular flexibility index (Phi) is 3.83. The summed E-state index contributed by atoms with van der Waals surface area (Å²) in [7, 11) is 0. The third-order valence-corrected chi connectivity index (χ3v) is 5.49. The molecular weight excluding hydrogens is 306 g/mol. The SMILES string of the molecule is CSc1ccccc1N1C(=O)[C@@H]2C[C@H]1CN2Cc1ccccn1. The van der Waals surface area contributed by atoms with Crippen molar-refractivity contribution in [3.63, 3.8) is 0 Å². The van der Waals surface area contributed by atoms with Gasteiger partial charge in [-0.15, -0.1) is 11.8 Å². The van der Waals surface area contributed by atoms with Crippen molar-refractivity contribution in [3.8, 4) is 0 Å². The highest BCUT2D eigenvalue weighted by atomic mass is 32.2. The molecule has 23 heavy (non-hydrogen) atoms. The smallest absolute Gasteiger partial charge is 0.244 e. The van der Waals surface area contributed by atoms with Crippen LogP contribution in [0.3, 0.4) is 0 Å². The average molecular weight is 325 g/mol. The first-order valence-electron chi connectivity index (χ1n) is 7.88. The summed E-state index contributed by atoms with van der Waals surface area (Å²) in [4.78, 5) is 22.7. The molecular formula is C18H19N3OS. The first-order valence-corrected chi connectivity index (χ1v) is 9.10. The molecule has 0 N–H and O–H groups in total.